The van der Waals surface area contributed by atoms with Crippen molar-refractivity contribution in [3.05, 3.63) is 78.4 Å². The topological polar surface area (TPSA) is 61.4 Å². The van der Waals surface area contributed by atoms with Gasteiger partial charge < -0.3 is 14.8 Å². The summed E-state index contributed by atoms with van der Waals surface area (Å²) in [5, 5.41) is 9.26. The lowest BCUT2D eigenvalue weighted by atomic mass is 10.2. The second-order valence-electron chi connectivity index (χ2n) is 5.53. The zero-order valence-corrected chi connectivity index (χ0v) is 13.4. The molecule has 3 aromatic rings. The van der Waals surface area contributed by atoms with Crippen LogP contribution in [-0.4, -0.2) is 33.1 Å². The van der Waals surface area contributed by atoms with Gasteiger partial charge in [0.05, 0.1) is 13.2 Å². The van der Waals surface area contributed by atoms with Crippen LogP contribution in [0, 0.1) is 0 Å². The molecule has 0 amide bonds. The van der Waals surface area contributed by atoms with Crippen LogP contribution in [-0.2, 0) is 13.1 Å². The van der Waals surface area contributed by atoms with Gasteiger partial charge in [0, 0.05) is 25.5 Å². The number of aromatic nitrogens is 2. The molecule has 0 fully saturated rings. The van der Waals surface area contributed by atoms with Gasteiger partial charge in [0.25, 0.3) is 0 Å². The summed E-state index contributed by atoms with van der Waals surface area (Å²) < 4.78 is 5.80. The van der Waals surface area contributed by atoms with E-state index in [1.807, 2.05) is 60.8 Å². The van der Waals surface area contributed by atoms with E-state index in [0.717, 1.165) is 29.4 Å². The highest BCUT2D eigenvalue weighted by molar-refractivity contribution is 5.32. The summed E-state index contributed by atoms with van der Waals surface area (Å²) in [5.74, 6) is 2.53. The van der Waals surface area contributed by atoms with Crippen LogP contribution in [0.3, 0.4) is 0 Å². The van der Waals surface area contributed by atoms with Gasteiger partial charge in [-0.2, -0.15) is 0 Å². The lowest BCUT2D eigenvalue weighted by Gasteiger charge is -2.20. The second kappa shape index (κ2) is 8.29. The molecule has 0 bridgehead atoms. The summed E-state index contributed by atoms with van der Waals surface area (Å²) >= 11 is 0. The molecule has 1 aromatic heterocycles. The maximum Gasteiger partial charge on any atom is 0.127 e. The molecule has 3 rings (SSSR count). The summed E-state index contributed by atoms with van der Waals surface area (Å²) in [5.41, 5.74) is 1.16. The Bertz CT molecular complexity index is 712. The smallest absolute Gasteiger partial charge is 0.127 e. The van der Waals surface area contributed by atoms with Gasteiger partial charge in [-0.1, -0.05) is 30.3 Å². The van der Waals surface area contributed by atoms with Crippen molar-refractivity contribution in [2.45, 2.75) is 13.1 Å². The summed E-state index contributed by atoms with van der Waals surface area (Å²) in [6.07, 6.45) is 3.55. The third kappa shape index (κ3) is 4.68. The summed E-state index contributed by atoms with van der Waals surface area (Å²) in [6, 6.07) is 17.7. The third-order valence-corrected chi connectivity index (χ3v) is 3.65. The first-order valence-electron chi connectivity index (χ1n) is 7.97. The van der Waals surface area contributed by atoms with E-state index in [1.165, 1.54) is 0 Å². The van der Waals surface area contributed by atoms with Crippen molar-refractivity contribution in [3.8, 4) is 11.5 Å². The van der Waals surface area contributed by atoms with E-state index in [4.69, 9.17) is 4.74 Å². The second-order valence-corrected chi connectivity index (χ2v) is 5.53. The standard InChI is InChI=1S/C19H21N3O2/c23-13-12-22(15-19-20-10-11-21-19)14-16-6-8-18(9-7-16)24-17-4-2-1-3-5-17/h1-11,23H,12-15H2,(H,20,21). The molecule has 2 N–H and O–H groups in total. The predicted molar refractivity (Wildman–Crippen MR) is 92.7 cm³/mol. The number of imidazole rings is 1. The Morgan fingerprint density at radius 3 is 2.38 bits per heavy atom. The van der Waals surface area contributed by atoms with Gasteiger partial charge in [0.15, 0.2) is 0 Å². The Kier molecular flexibility index (Phi) is 5.61. The Morgan fingerprint density at radius 1 is 0.958 bits per heavy atom. The quantitative estimate of drug-likeness (QED) is 0.668. The molecule has 124 valence electrons. The van der Waals surface area contributed by atoms with Crippen molar-refractivity contribution in [2.24, 2.45) is 0 Å². The molecule has 0 aliphatic carbocycles. The fourth-order valence-corrected chi connectivity index (χ4v) is 2.50. The minimum atomic E-state index is 0.121. The predicted octanol–water partition coefficient (Wildman–Crippen LogP) is 3.20. The highest BCUT2D eigenvalue weighted by Gasteiger charge is 2.08. The number of aliphatic hydroxyl groups excluding tert-OH is 1. The average Bonchev–Trinajstić information content (AvgIpc) is 3.11. The first-order chi connectivity index (χ1) is 11.8. The van der Waals surface area contributed by atoms with Gasteiger partial charge in [-0.05, 0) is 29.8 Å². The third-order valence-electron chi connectivity index (χ3n) is 3.65. The van der Waals surface area contributed by atoms with Crippen LogP contribution in [0.2, 0.25) is 0 Å². The Labute approximate surface area is 141 Å². The molecule has 0 radical (unpaired) electrons. The van der Waals surface area contributed by atoms with E-state index in [0.29, 0.717) is 13.1 Å². The highest BCUT2D eigenvalue weighted by Crippen LogP contribution is 2.21. The van der Waals surface area contributed by atoms with Gasteiger partial charge in [-0.3, -0.25) is 4.90 Å². The van der Waals surface area contributed by atoms with Crippen LogP contribution in [0.4, 0.5) is 0 Å². The molecule has 2 aromatic carbocycles. The summed E-state index contributed by atoms with van der Waals surface area (Å²) in [6.45, 7) is 2.14. The molecule has 0 aliphatic rings. The SMILES string of the molecule is OCCN(Cc1ccc(Oc2ccccc2)cc1)Cc1ncc[nH]1. The van der Waals surface area contributed by atoms with Crippen LogP contribution in [0.25, 0.3) is 0 Å². The summed E-state index contributed by atoms with van der Waals surface area (Å²) in [4.78, 5) is 9.48. The van der Waals surface area contributed by atoms with Gasteiger partial charge in [0.1, 0.15) is 17.3 Å². The molecule has 1 heterocycles. The maximum atomic E-state index is 9.26. The van der Waals surface area contributed by atoms with Crippen molar-refractivity contribution >= 4 is 0 Å². The molecular formula is C19H21N3O2. The van der Waals surface area contributed by atoms with Gasteiger partial charge in [0.2, 0.25) is 0 Å². The first kappa shape index (κ1) is 16.2. The first-order valence-corrected chi connectivity index (χ1v) is 7.97. The molecule has 0 aliphatic heterocycles. The zero-order valence-electron chi connectivity index (χ0n) is 13.4. The van der Waals surface area contributed by atoms with Crippen LogP contribution < -0.4 is 4.74 Å². The number of para-hydroxylation sites is 1. The minimum Gasteiger partial charge on any atom is -0.457 e. The number of nitrogens with zero attached hydrogens (tertiary/aromatic N) is 2. The highest BCUT2D eigenvalue weighted by atomic mass is 16.5. The lowest BCUT2D eigenvalue weighted by molar-refractivity contribution is 0.181. The van der Waals surface area contributed by atoms with E-state index in [-0.39, 0.29) is 6.61 Å². The maximum absolute atomic E-state index is 9.26. The van der Waals surface area contributed by atoms with Gasteiger partial charge in [-0.15, -0.1) is 0 Å². The number of rotatable bonds is 8. The molecule has 0 saturated carbocycles. The lowest BCUT2D eigenvalue weighted by Crippen LogP contribution is -2.26. The molecule has 0 saturated heterocycles. The van der Waals surface area contributed by atoms with E-state index < -0.39 is 0 Å². The normalized spacial score (nSPS) is 10.9. The molecular weight excluding hydrogens is 302 g/mol. The van der Waals surface area contributed by atoms with E-state index in [2.05, 4.69) is 14.9 Å². The minimum absolute atomic E-state index is 0.121. The number of ether oxygens (including phenoxy) is 1. The number of H-pyrrole nitrogens is 1. The fraction of sp³-hybridized carbons (Fsp3) is 0.211. The largest absolute Gasteiger partial charge is 0.457 e. The number of hydrogen-bond acceptors (Lipinski definition) is 4. The molecule has 5 heteroatoms. The van der Waals surface area contributed by atoms with E-state index in [9.17, 15) is 5.11 Å². The Hall–Kier alpha value is -2.63. The van der Waals surface area contributed by atoms with Crippen molar-refractivity contribution in [2.75, 3.05) is 13.2 Å². The molecule has 0 unspecified atom stereocenters. The molecule has 0 spiro atoms. The number of nitrogens with one attached hydrogen (secondary N) is 1. The molecule has 0 atom stereocenters. The number of aliphatic hydroxyl groups is 1. The van der Waals surface area contributed by atoms with Gasteiger partial charge in [-0.25, -0.2) is 4.98 Å². The van der Waals surface area contributed by atoms with Crippen molar-refractivity contribution in [1.29, 1.82) is 0 Å². The Balaban J connectivity index is 1.61. The molecule has 5 nitrogen and oxygen atoms in total. The van der Waals surface area contributed by atoms with Crippen molar-refractivity contribution in [3.63, 3.8) is 0 Å². The number of aromatic amines is 1. The summed E-state index contributed by atoms with van der Waals surface area (Å²) in [7, 11) is 0. The van der Waals surface area contributed by atoms with Crippen molar-refractivity contribution < 1.29 is 9.84 Å². The Morgan fingerprint density at radius 2 is 1.71 bits per heavy atom. The van der Waals surface area contributed by atoms with E-state index in [1.54, 1.807) is 6.20 Å². The fourth-order valence-electron chi connectivity index (χ4n) is 2.50. The zero-order chi connectivity index (χ0) is 16.6. The van der Waals surface area contributed by atoms with Crippen LogP contribution in [0.15, 0.2) is 67.0 Å². The monoisotopic (exact) mass is 323 g/mol. The molecule has 24 heavy (non-hydrogen) atoms. The van der Waals surface area contributed by atoms with Crippen LogP contribution >= 0.6 is 0 Å². The average molecular weight is 323 g/mol. The van der Waals surface area contributed by atoms with Gasteiger partial charge >= 0.3 is 0 Å². The van der Waals surface area contributed by atoms with E-state index >= 15 is 0 Å². The number of hydrogen-bond donors (Lipinski definition) is 2. The van der Waals surface area contributed by atoms with Crippen LogP contribution in [0.1, 0.15) is 11.4 Å². The van der Waals surface area contributed by atoms with Crippen molar-refractivity contribution in [1.82, 2.24) is 14.9 Å². The van der Waals surface area contributed by atoms with Crippen LogP contribution in [0.5, 0.6) is 11.5 Å². The number of benzene rings is 2.